The molecule has 2 rings (SSSR count). The Bertz CT molecular complexity index is 666. The van der Waals surface area contributed by atoms with E-state index in [-0.39, 0.29) is 4.47 Å². The molecule has 0 spiro atoms. The van der Waals surface area contributed by atoms with Crippen LogP contribution in [0.1, 0.15) is 10.4 Å². The van der Waals surface area contributed by atoms with Gasteiger partial charge in [0.05, 0.1) is 11.4 Å². The number of hydrogen-bond acceptors (Lipinski definition) is 2. The summed E-state index contributed by atoms with van der Waals surface area (Å²) >= 11 is 2.98. The molecule has 0 aromatic heterocycles. The molecule has 0 aliphatic carbocycles. The van der Waals surface area contributed by atoms with Crippen molar-refractivity contribution in [1.29, 1.82) is 0 Å². The van der Waals surface area contributed by atoms with Crippen LogP contribution in [0.2, 0.25) is 0 Å². The summed E-state index contributed by atoms with van der Waals surface area (Å²) in [5.41, 5.74) is 0.616. The Hall–Kier alpha value is -1.95. The van der Waals surface area contributed by atoms with Crippen molar-refractivity contribution >= 4 is 33.2 Å². The van der Waals surface area contributed by atoms with Gasteiger partial charge in [0.15, 0.2) is 0 Å². The molecule has 0 saturated heterocycles. The minimum Gasteiger partial charge on any atom is -0.376 e. The van der Waals surface area contributed by atoms with Crippen LogP contribution in [0.5, 0.6) is 0 Å². The van der Waals surface area contributed by atoms with Gasteiger partial charge in [-0.05, 0) is 24.3 Å². The lowest BCUT2D eigenvalue weighted by Crippen LogP contribution is -2.19. The van der Waals surface area contributed by atoms with Crippen LogP contribution >= 0.6 is 15.9 Å². The van der Waals surface area contributed by atoms with Crippen molar-refractivity contribution in [2.75, 3.05) is 24.3 Å². The van der Waals surface area contributed by atoms with Crippen molar-refractivity contribution in [1.82, 2.24) is 0 Å². The van der Waals surface area contributed by atoms with Crippen LogP contribution in [0.3, 0.4) is 0 Å². The van der Waals surface area contributed by atoms with Crippen molar-refractivity contribution in [3.05, 3.63) is 58.1 Å². The number of nitrogens with zero attached hydrogens (tertiary/aromatic N) is 1. The summed E-state index contributed by atoms with van der Waals surface area (Å²) in [6.07, 6.45) is 0. The van der Waals surface area contributed by atoms with Crippen LogP contribution < -0.4 is 10.2 Å². The molecule has 0 bridgehead atoms. The zero-order chi connectivity index (χ0) is 15.6. The van der Waals surface area contributed by atoms with Gasteiger partial charge in [-0.3, -0.25) is 4.79 Å². The molecular formula is C15H13BrF2N2O. The van der Waals surface area contributed by atoms with E-state index in [1.54, 1.807) is 23.1 Å². The molecule has 0 atom stereocenters. The normalized spacial score (nSPS) is 10.3. The number of para-hydroxylation sites is 2. The summed E-state index contributed by atoms with van der Waals surface area (Å²) in [4.78, 5) is 13.9. The SMILES string of the molecule is CN(C)c1ccccc1NC(=O)c1c(F)cc(Br)cc1F. The van der Waals surface area contributed by atoms with E-state index in [9.17, 15) is 13.6 Å². The van der Waals surface area contributed by atoms with Crippen molar-refractivity contribution in [2.24, 2.45) is 0 Å². The molecule has 1 amide bonds. The average molecular weight is 355 g/mol. The Balaban J connectivity index is 2.36. The summed E-state index contributed by atoms with van der Waals surface area (Å²) in [7, 11) is 3.62. The number of hydrogen-bond donors (Lipinski definition) is 1. The van der Waals surface area contributed by atoms with Gasteiger partial charge in [-0.25, -0.2) is 8.78 Å². The van der Waals surface area contributed by atoms with E-state index in [1.807, 2.05) is 20.2 Å². The Morgan fingerprint density at radius 3 is 2.29 bits per heavy atom. The predicted octanol–water partition coefficient (Wildman–Crippen LogP) is 4.05. The number of nitrogens with one attached hydrogen (secondary N) is 1. The number of halogens is 3. The van der Waals surface area contributed by atoms with Gasteiger partial charge in [-0.1, -0.05) is 28.1 Å². The molecule has 0 saturated carbocycles. The fourth-order valence-corrected chi connectivity index (χ4v) is 2.32. The van der Waals surface area contributed by atoms with Crippen LogP contribution in [0.4, 0.5) is 20.2 Å². The van der Waals surface area contributed by atoms with E-state index >= 15 is 0 Å². The highest BCUT2D eigenvalue weighted by Gasteiger charge is 2.19. The largest absolute Gasteiger partial charge is 0.376 e. The number of carbonyl (C=O) groups is 1. The zero-order valence-electron chi connectivity index (χ0n) is 11.5. The predicted molar refractivity (Wildman–Crippen MR) is 82.8 cm³/mol. The first-order valence-electron chi connectivity index (χ1n) is 6.12. The molecule has 0 radical (unpaired) electrons. The zero-order valence-corrected chi connectivity index (χ0v) is 13.0. The third-order valence-corrected chi connectivity index (χ3v) is 3.33. The van der Waals surface area contributed by atoms with Crippen LogP contribution in [-0.2, 0) is 0 Å². The number of rotatable bonds is 3. The van der Waals surface area contributed by atoms with E-state index in [4.69, 9.17) is 0 Å². The summed E-state index contributed by atoms with van der Waals surface area (Å²) in [5, 5.41) is 2.53. The maximum Gasteiger partial charge on any atom is 0.261 e. The van der Waals surface area contributed by atoms with E-state index < -0.39 is 23.1 Å². The Labute approximate surface area is 129 Å². The highest BCUT2D eigenvalue weighted by Crippen LogP contribution is 2.25. The second kappa shape index (κ2) is 6.22. The quantitative estimate of drug-likeness (QED) is 0.901. The number of amides is 1. The van der Waals surface area contributed by atoms with Crippen molar-refractivity contribution in [2.45, 2.75) is 0 Å². The van der Waals surface area contributed by atoms with Gasteiger partial charge in [0.1, 0.15) is 17.2 Å². The van der Waals surface area contributed by atoms with Gasteiger partial charge >= 0.3 is 0 Å². The lowest BCUT2D eigenvalue weighted by molar-refractivity contribution is 0.101. The smallest absolute Gasteiger partial charge is 0.261 e. The molecule has 2 aromatic carbocycles. The van der Waals surface area contributed by atoms with E-state index in [2.05, 4.69) is 21.2 Å². The van der Waals surface area contributed by atoms with Crippen LogP contribution in [-0.4, -0.2) is 20.0 Å². The Morgan fingerprint density at radius 2 is 1.71 bits per heavy atom. The number of benzene rings is 2. The van der Waals surface area contributed by atoms with E-state index in [0.717, 1.165) is 17.8 Å². The first kappa shape index (κ1) is 15.4. The molecule has 0 aliphatic rings. The van der Waals surface area contributed by atoms with E-state index in [1.165, 1.54) is 0 Å². The van der Waals surface area contributed by atoms with Gasteiger partial charge in [-0.15, -0.1) is 0 Å². The first-order chi connectivity index (χ1) is 9.90. The van der Waals surface area contributed by atoms with Gasteiger partial charge in [0.25, 0.3) is 5.91 Å². The summed E-state index contributed by atoms with van der Waals surface area (Å²) in [6.45, 7) is 0. The summed E-state index contributed by atoms with van der Waals surface area (Å²) in [6, 6.07) is 9.11. The third-order valence-electron chi connectivity index (χ3n) is 2.87. The molecule has 3 nitrogen and oxygen atoms in total. The first-order valence-corrected chi connectivity index (χ1v) is 6.91. The Morgan fingerprint density at radius 1 is 1.14 bits per heavy atom. The lowest BCUT2D eigenvalue weighted by atomic mass is 10.1. The average Bonchev–Trinajstić information content (AvgIpc) is 2.37. The minimum atomic E-state index is -0.915. The maximum absolute atomic E-state index is 13.8. The van der Waals surface area contributed by atoms with Crippen molar-refractivity contribution in [3.8, 4) is 0 Å². The molecule has 0 heterocycles. The van der Waals surface area contributed by atoms with Crippen LogP contribution in [0.25, 0.3) is 0 Å². The fraction of sp³-hybridized carbons (Fsp3) is 0.133. The van der Waals surface area contributed by atoms with Crippen molar-refractivity contribution in [3.63, 3.8) is 0 Å². The number of anilines is 2. The monoisotopic (exact) mass is 354 g/mol. The topological polar surface area (TPSA) is 32.3 Å². The molecule has 2 aromatic rings. The standard InChI is InChI=1S/C15H13BrF2N2O/c1-20(2)13-6-4-3-5-12(13)19-15(21)14-10(17)7-9(16)8-11(14)18/h3-8H,1-2H3,(H,19,21). The lowest BCUT2D eigenvalue weighted by Gasteiger charge is -2.18. The summed E-state index contributed by atoms with van der Waals surface area (Å²) in [5.74, 6) is -2.66. The molecule has 0 unspecified atom stereocenters. The van der Waals surface area contributed by atoms with Gasteiger partial charge in [0.2, 0.25) is 0 Å². The highest BCUT2D eigenvalue weighted by atomic mass is 79.9. The summed E-state index contributed by atoms with van der Waals surface area (Å²) < 4.78 is 27.8. The van der Waals surface area contributed by atoms with Crippen LogP contribution in [0, 0.1) is 11.6 Å². The minimum absolute atomic E-state index is 0.239. The highest BCUT2D eigenvalue weighted by molar-refractivity contribution is 9.10. The maximum atomic E-state index is 13.8. The van der Waals surface area contributed by atoms with Gasteiger partial charge < -0.3 is 10.2 Å². The number of carbonyl (C=O) groups excluding carboxylic acids is 1. The van der Waals surface area contributed by atoms with Gasteiger partial charge in [-0.2, -0.15) is 0 Å². The molecule has 21 heavy (non-hydrogen) atoms. The second-order valence-electron chi connectivity index (χ2n) is 4.61. The molecular weight excluding hydrogens is 342 g/mol. The molecule has 0 aliphatic heterocycles. The van der Waals surface area contributed by atoms with Crippen molar-refractivity contribution < 1.29 is 13.6 Å². The molecule has 110 valence electrons. The molecule has 1 N–H and O–H groups in total. The third kappa shape index (κ3) is 3.39. The Kier molecular flexibility index (Phi) is 4.57. The van der Waals surface area contributed by atoms with E-state index in [0.29, 0.717) is 5.69 Å². The fourth-order valence-electron chi connectivity index (χ4n) is 1.91. The van der Waals surface area contributed by atoms with Crippen LogP contribution in [0.15, 0.2) is 40.9 Å². The second-order valence-corrected chi connectivity index (χ2v) is 5.53. The molecule has 0 fully saturated rings. The van der Waals surface area contributed by atoms with Gasteiger partial charge in [0, 0.05) is 18.6 Å². The molecule has 6 heteroatoms.